The summed E-state index contributed by atoms with van der Waals surface area (Å²) in [6, 6.07) is 10.1. The van der Waals surface area contributed by atoms with E-state index in [1.165, 1.54) is 13.2 Å². The number of benzene rings is 2. The van der Waals surface area contributed by atoms with E-state index in [-0.39, 0.29) is 13.4 Å². The maximum atomic E-state index is 12.1. The van der Waals surface area contributed by atoms with Crippen LogP contribution in [0.1, 0.15) is 15.9 Å². The van der Waals surface area contributed by atoms with Crippen molar-refractivity contribution in [3.05, 3.63) is 47.5 Å². The first-order chi connectivity index (χ1) is 12.6. The zero-order valence-corrected chi connectivity index (χ0v) is 14.3. The van der Waals surface area contributed by atoms with Crippen molar-refractivity contribution in [3.8, 4) is 23.0 Å². The van der Waals surface area contributed by atoms with Crippen molar-refractivity contribution < 1.29 is 28.5 Å². The van der Waals surface area contributed by atoms with E-state index < -0.39 is 11.8 Å². The van der Waals surface area contributed by atoms with E-state index in [0.717, 1.165) is 5.56 Å². The van der Waals surface area contributed by atoms with E-state index in [2.05, 4.69) is 10.9 Å². The molecule has 26 heavy (non-hydrogen) atoms. The number of aryl methyl sites for hydroxylation is 1. The van der Waals surface area contributed by atoms with Gasteiger partial charge < -0.3 is 18.9 Å². The molecule has 2 aromatic rings. The van der Waals surface area contributed by atoms with Crippen molar-refractivity contribution in [1.82, 2.24) is 10.9 Å². The third kappa shape index (κ3) is 3.97. The topological polar surface area (TPSA) is 95.1 Å². The smallest absolute Gasteiger partial charge is 0.276 e. The van der Waals surface area contributed by atoms with Crippen LogP contribution >= 0.6 is 0 Å². The highest BCUT2D eigenvalue weighted by atomic mass is 16.7. The Hall–Kier alpha value is -3.42. The number of carbonyl (C=O) groups is 2. The third-order valence-corrected chi connectivity index (χ3v) is 3.63. The van der Waals surface area contributed by atoms with E-state index >= 15 is 0 Å². The Morgan fingerprint density at radius 2 is 1.85 bits per heavy atom. The molecular formula is C18H18N2O6. The van der Waals surface area contributed by atoms with Crippen molar-refractivity contribution in [3.63, 3.8) is 0 Å². The number of carbonyl (C=O) groups excluding carboxylic acids is 2. The first-order valence-corrected chi connectivity index (χ1v) is 7.83. The molecular weight excluding hydrogens is 340 g/mol. The predicted octanol–water partition coefficient (Wildman–Crippen LogP) is 1.57. The summed E-state index contributed by atoms with van der Waals surface area (Å²) in [5.41, 5.74) is 5.95. The Kier molecular flexibility index (Phi) is 5.12. The van der Waals surface area contributed by atoms with Gasteiger partial charge in [-0.25, -0.2) is 0 Å². The van der Waals surface area contributed by atoms with Crippen molar-refractivity contribution in [1.29, 1.82) is 0 Å². The Bertz CT molecular complexity index is 836. The average Bonchev–Trinajstić information content (AvgIpc) is 3.12. The molecule has 0 radical (unpaired) electrons. The monoisotopic (exact) mass is 358 g/mol. The van der Waals surface area contributed by atoms with Gasteiger partial charge in [0.1, 0.15) is 0 Å². The summed E-state index contributed by atoms with van der Waals surface area (Å²) >= 11 is 0. The molecule has 136 valence electrons. The van der Waals surface area contributed by atoms with Gasteiger partial charge >= 0.3 is 0 Å². The average molecular weight is 358 g/mol. The second-order valence-corrected chi connectivity index (χ2v) is 5.51. The predicted molar refractivity (Wildman–Crippen MR) is 91.4 cm³/mol. The molecule has 3 rings (SSSR count). The minimum Gasteiger partial charge on any atom is -0.493 e. The van der Waals surface area contributed by atoms with Gasteiger partial charge in [0.15, 0.2) is 29.6 Å². The van der Waals surface area contributed by atoms with Crippen LogP contribution in [0.5, 0.6) is 23.0 Å². The summed E-state index contributed by atoms with van der Waals surface area (Å²) in [5, 5.41) is 0. The number of nitrogens with one attached hydrogen (secondary N) is 2. The van der Waals surface area contributed by atoms with Gasteiger partial charge in [-0.2, -0.15) is 0 Å². The van der Waals surface area contributed by atoms with Crippen molar-refractivity contribution in [2.24, 2.45) is 0 Å². The molecule has 0 fully saturated rings. The molecule has 1 aliphatic heterocycles. The molecule has 1 aliphatic rings. The van der Waals surface area contributed by atoms with Crippen LogP contribution in [0, 0.1) is 6.92 Å². The number of hydrogen-bond donors (Lipinski definition) is 2. The quantitative estimate of drug-likeness (QED) is 0.788. The molecule has 0 aromatic heterocycles. The third-order valence-electron chi connectivity index (χ3n) is 3.63. The van der Waals surface area contributed by atoms with Crippen molar-refractivity contribution in [2.75, 3.05) is 20.5 Å². The van der Waals surface area contributed by atoms with E-state index in [1.54, 1.807) is 24.3 Å². The molecule has 0 aliphatic carbocycles. The minimum atomic E-state index is -0.512. The summed E-state index contributed by atoms with van der Waals surface area (Å²) < 4.78 is 21.0. The molecule has 8 heteroatoms. The highest BCUT2D eigenvalue weighted by Gasteiger charge is 2.16. The van der Waals surface area contributed by atoms with Crippen molar-refractivity contribution in [2.45, 2.75) is 6.92 Å². The second-order valence-electron chi connectivity index (χ2n) is 5.51. The first-order valence-electron chi connectivity index (χ1n) is 7.83. The zero-order chi connectivity index (χ0) is 18.5. The molecule has 0 bridgehead atoms. The molecule has 0 saturated carbocycles. The summed E-state index contributed by atoms with van der Waals surface area (Å²) in [4.78, 5) is 23.9. The van der Waals surface area contributed by atoms with E-state index in [1.807, 2.05) is 13.0 Å². The standard InChI is InChI=1S/C18H18N2O6/c1-11-3-5-13(15(7-11)23-2)24-9-17(21)19-20-18(22)12-4-6-14-16(8-12)26-10-25-14/h3-8H,9-10H2,1-2H3,(H,19,21)(H,20,22). The fourth-order valence-electron chi connectivity index (χ4n) is 2.31. The highest BCUT2D eigenvalue weighted by Crippen LogP contribution is 2.32. The van der Waals surface area contributed by atoms with Crippen molar-refractivity contribution >= 4 is 11.8 Å². The largest absolute Gasteiger partial charge is 0.493 e. The van der Waals surface area contributed by atoms with Crippen LogP contribution in [0.3, 0.4) is 0 Å². The fraction of sp³-hybridized carbons (Fsp3) is 0.222. The van der Waals surface area contributed by atoms with Gasteiger partial charge in [0.2, 0.25) is 6.79 Å². The van der Waals surface area contributed by atoms with Gasteiger partial charge in [0.05, 0.1) is 7.11 Å². The van der Waals surface area contributed by atoms with Crippen LogP contribution in [0.25, 0.3) is 0 Å². The summed E-state index contributed by atoms with van der Waals surface area (Å²) in [6.07, 6.45) is 0. The van der Waals surface area contributed by atoms with E-state index in [4.69, 9.17) is 18.9 Å². The number of rotatable bonds is 5. The Balaban J connectivity index is 1.50. The van der Waals surface area contributed by atoms with Crippen LogP contribution < -0.4 is 29.8 Å². The Morgan fingerprint density at radius 3 is 2.65 bits per heavy atom. The fourth-order valence-corrected chi connectivity index (χ4v) is 2.31. The lowest BCUT2D eigenvalue weighted by Crippen LogP contribution is -2.43. The number of methoxy groups -OCH3 is 1. The van der Waals surface area contributed by atoms with Gasteiger partial charge in [-0.15, -0.1) is 0 Å². The Morgan fingerprint density at radius 1 is 1.04 bits per heavy atom. The lowest BCUT2D eigenvalue weighted by atomic mass is 10.2. The lowest BCUT2D eigenvalue weighted by molar-refractivity contribution is -0.123. The molecule has 2 amide bonds. The molecule has 8 nitrogen and oxygen atoms in total. The second kappa shape index (κ2) is 7.64. The maximum Gasteiger partial charge on any atom is 0.276 e. The van der Waals surface area contributed by atoms with Gasteiger partial charge in [-0.05, 0) is 42.8 Å². The number of hydrogen-bond acceptors (Lipinski definition) is 6. The van der Waals surface area contributed by atoms with Crippen LogP contribution in [0.2, 0.25) is 0 Å². The number of ether oxygens (including phenoxy) is 4. The van der Waals surface area contributed by atoms with Gasteiger partial charge in [-0.1, -0.05) is 6.07 Å². The number of amides is 2. The highest BCUT2D eigenvalue weighted by molar-refractivity contribution is 5.96. The molecule has 0 spiro atoms. The normalized spacial score (nSPS) is 11.6. The molecule has 0 atom stereocenters. The first kappa shape index (κ1) is 17.4. The lowest BCUT2D eigenvalue weighted by Gasteiger charge is -2.12. The molecule has 0 saturated heterocycles. The number of hydrazine groups is 1. The minimum absolute atomic E-state index is 0.122. The van der Waals surface area contributed by atoms with Gasteiger partial charge in [0, 0.05) is 5.56 Å². The summed E-state index contributed by atoms with van der Waals surface area (Å²) in [7, 11) is 1.52. The van der Waals surface area contributed by atoms with Crippen LogP contribution in [0.15, 0.2) is 36.4 Å². The van der Waals surface area contributed by atoms with Crippen LogP contribution in [-0.4, -0.2) is 32.3 Å². The molecule has 0 unspecified atom stereocenters. The van der Waals surface area contributed by atoms with E-state index in [0.29, 0.717) is 28.6 Å². The number of fused-ring (bicyclic) bond motifs is 1. The summed E-state index contributed by atoms with van der Waals surface area (Å²) in [6.45, 7) is 1.77. The van der Waals surface area contributed by atoms with Crippen LogP contribution in [-0.2, 0) is 4.79 Å². The molecule has 2 N–H and O–H groups in total. The Labute approximate surface area is 150 Å². The molecule has 2 aromatic carbocycles. The molecule has 1 heterocycles. The van der Waals surface area contributed by atoms with Gasteiger partial charge in [-0.3, -0.25) is 20.4 Å². The summed E-state index contributed by atoms with van der Waals surface area (Å²) in [5.74, 6) is 1.04. The SMILES string of the molecule is COc1cc(C)ccc1OCC(=O)NNC(=O)c1ccc2c(c1)OCO2. The maximum absolute atomic E-state index is 12.1. The van der Waals surface area contributed by atoms with Crippen LogP contribution in [0.4, 0.5) is 0 Å². The van der Waals surface area contributed by atoms with E-state index in [9.17, 15) is 9.59 Å². The zero-order valence-electron chi connectivity index (χ0n) is 14.3. The van der Waals surface area contributed by atoms with Gasteiger partial charge in [0.25, 0.3) is 11.8 Å².